The van der Waals surface area contributed by atoms with Crippen LogP contribution in [0.4, 0.5) is 0 Å². The Balaban J connectivity index is 2.01. The van der Waals surface area contributed by atoms with Gasteiger partial charge >= 0.3 is 5.97 Å². The number of methoxy groups -OCH3 is 1. The van der Waals surface area contributed by atoms with Crippen molar-refractivity contribution in [3.63, 3.8) is 0 Å². The number of hydrogen-bond donors (Lipinski definition) is 0. The molecule has 0 bridgehead atoms. The third-order valence-electron chi connectivity index (χ3n) is 3.19. The second-order valence-electron chi connectivity index (χ2n) is 4.54. The summed E-state index contributed by atoms with van der Waals surface area (Å²) in [6.07, 6.45) is -0.643. The molecule has 4 nitrogen and oxygen atoms in total. The molecular formula is C16H14O4. The van der Waals surface area contributed by atoms with Crippen molar-refractivity contribution >= 4 is 27.9 Å². The Hall–Kier alpha value is -2.49. The van der Waals surface area contributed by atoms with Crippen molar-refractivity contribution in [2.24, 2.45) is 0 Å². The van der Waals surface area contributed by atoms with Crippen LogP contribution in [0.5, 0.6) is 5.75 Å². The van der Waals surface area contributed by atoms with Gasteiger partial charge in [0, 0.05) is 10.8 Å². The van der Waals surface area contributed by atoms with Crippen LogP contribution < -0.4 is 4.74 Å². The smallest absolute Gasteiger partial charge is 0.346 e. The fourth-order valence-corrected chi connectivity index (χ4v) is 2.20. The molecule has 0 saturated carbocycles. The van der Waals surface area contributed by atoms with Crippen molar-refractivity contribution in [2.75, 3.05) is 7.11 Å². The van der Waals surface area contributed by atoms with E-state index in [1.54, 1.807) is 13.0 Å². The number of hydrogen-bond acceptors (Lipinski definition) is 4. The van der Waals surface area contributed by atoms with Crippen LogP contribution >= 0.6 is 0 Å². The molecule has 0 amide bonds. The summed E-state index contributed by atoms with van der Waals surface area (Å²) in [7, 11) is 1.34. The molecule has 102 valence electrons. The Morgan fingerprint density at radius 2 is 1.85 bits per heavy atom. The van der Waals surface area contributed by atoms with Crippen molar-refractivity contribution in [2.45, 2.75) is 13.0 Å². The summed E-state index contributed by atoms with van der Waals surface area (Å²) in [6, 6.07) is 13.3. The summed E-state index contributed by atoms with van der Waals surface area (Å²) in [5.74, 6) is 0.212. The van der Waals surface area contributed by atoms with Gasteiger partial charge in [-0.05, 0) is 31.2 Å². The Kier molecular flexibility index (Phi) is 3.06. The molecule has 4 heteroatoms. The van der Waals surface area contributed by atoms with E-state index in [9.17, 15) is 4.79 Å². The summed E-state index contributed by atoms with van der Waals surface area (Å²) >= 11 is 0. The van der Waals surface area contributed by atoms with Crippen molar-refractivity contribution in [3.8, 4) is 5.75 Å². The second kappa shape index (κ2) is 4.89. The van der Waals surface area contributed by atoms with Crippen LogP contribution in [0.15, 0.2) is 46.9 Å². The van der Waals surface area contributed by atoms with Crippen molar-refractivity contribution < 1.29 is 18.7 Å². The molecule has 1 heterocycles. The van der Waals surface area contributed by atoms with Gasteiger partial charge < -0.3 is 13.9 Å². The lowest BCUT2D eigenvalue weighted by Crippen LogP contribution is -2.24. The molecule has 20 heavy (non-hydrogen) atoms. The van der Waals surface area contributed by atoms with Crippen LogP contribution in [0.3, 0.4) is 0 Å². The molecule has 3 aromatic rings. The van der Waals surface area contributed by atoms with Gasteiger partial charge in [-0.2, -0.15) is 0 Å². The van der Waals surface area contributed by atoms with Gasteiger partial charge in [-0.1, -0.05) is 18.2 Å². The minimum absolute atomic E-state index is 0.401. The molecule has 1 aromatic heterocycles. The molecule has 1 atom stereocenters. The summed E-state index contributed by atoms with van der Waals surface area (Å²) in [5, 5.41) is 1.99. The Labute approximate surface area is 115 Å². The van der Waals surface area contributed by atoms with Crippen LogP contribution in [0.2, 0.25) is 0 Å². The van der Waals surface area contributed by atoms with Crippen molar-refractivity contribution in [1.82, 2.24) is 0 Å². The molecule has 0 aliphatic carbocycles. The highest BCUT2D eigenvalue weighted by Gasteiger charge is 2.15. The second-order valence-corrected chi connectivity index (χ2v) is 4.54. The zero-order valence-corrected chi connectivity index (χ0v) is 11.3. The summed E-state index contributed by atoms with van der Waals surface area (Å²) in [6.45, 7) is 1.66. The van der Waals surface area contributed by atoms with Gasteiger partial charge in [-0.15, -0.1) is 0 Å². The molecule has 2 aromatic carbocycles. The normalized spacial score (nSPS) is 12.5. The summed E-state index contributed by atoms with van der Waals surface area (Å²) in [4.78, 5) is 11.4. The molecule has 0 spiro atoms. The van der Waals surface area contributed by atoms with Crippen LogP contribution in [0, 0.1) is 0 Å². The number of carbonyl (C=O) groups is 1. The lowest BCUT2D eigenvalue weighted by atomic mass is 10.1. The average Bonchev–Trinajstić information content (AvgIpc) is 2.84. The first kappa shape index (κ1) is 12.5. The maximum Gasteiger partial charge on any atom is 0.346 e. The van der Waals surface area contributed by atoms with E-state index < -0.39 is 12.1 Å². The third kappa shape index (κ3) is 2.09. The predicted molar refractivity (Wildman–Crippen MR) is 75.8 cm³/mol. The number of fused-ring (bicyclic) bond motifs is 3. The highest BCUT2D eigenvalue weighted by molar-refractivity contribution is 6.05. The van der Waals surface area contributed by atoms with Gasteiger partial charge in [-0.25, -0.2) is 4.79 Å². The molecule has 0 radical (unpaired) electrons. The molecule has 3 rings (SSSR count). The van der Waals surface area contributed by atoms with Gasteiger partial charge in [-0.3, -0.25) is 0 Å². The van der Waals surface area contributed by atoms with Crippen LogP contribution in [0.25, 0.3) is 21.9 Å². The fourth-order valence-electron chi connectivity index (χ4n) is 2.20. The maximum atomic E-state index is 11.4. The SMILES string of the molecule is COC(=O)[C@H](C)Oc1ccc2oc3ccccc3c2c1. The van der Waals surface area contributed by atoms with Crippen molar-refractivity contribution in [1.29, 1.82) is 0 Å². The predicted octanol–water partition coefficient (Wildman–Crippen LogP) is 3.53. The lowest BCUT2D eigenvalue weighted by molar-refractivity contribution is -0.147. The number of benzene rings is 2. The highest BCUT2D eigenvalue weighted by atomic mass is 16.6. The first-order chi connectivity index (χ1) is 9.69. The standard InChI is InChI=1S/C16H14O4/c1-10(16(17)18-2)19-11-7-8-15-13(9-11)12-5-3-4-6-14(12)20-15/h3-10H,1-2H3/t10-/m0/s1. The molecule has 0 N–H and O–H groups in total. The first-order valence-electron chi connectivity index (χ1n) is 6.35. The van der Waals surface area contributed by atoms with Crippen LogP contribution in [-0.4, -0.2) is 19.2 Å². The van der Waals surface area contributed by atoms with E-state index in [0.29, 0.717) is 5.75 Å². The average molecular weight is 270 g/mol. The van der Waals surface area contributed by atoms with Gasteiger partial charge in [0.2, 0.25) is 0 Å². The van der Waals surface area contributed by atoms with E-state index in [2.05, 4.69) is 4.74 Å². The van der Waals surface area contributed by atoms with E-state index in [1.165, 1.54) is 7.11 Å². The van der Waals surface area contributed by atoms with Gasteiger partial charge in [0.25, 0.3) is 0 Å². The zero-order chi connectivity index (χ0) is 14.1. The number of esters is 1. The Bertz CT molecular complexity index is 772. The van der Waals surface area contributed by atoms with E-state index >= 15 is 0 Å². The van der Waals surface area contributed by atoms with Gasteiger partial charge in [0.05, 0.1) is 7.11 Å². The van der Waals surface area contributed by atoms with Crippen LogP contribution in [0.1, 0.15) is 6.92 Å². The summed E-state index contributed by atoms with van der Waals surface area (Å²) < 4.78 is 16.0. The Morgan fingerprint density at radius 1 is 1.10 bits per heavy atom. The van der Waals surface area contributed by atoms with E-state index in [4.69, 9.17) is 9.15 Å². The number of carbonyl (C=O) groups excluding carboxylic acids is 1. The van der Waals surface area contributed by atoms with Gasteiger partial charge in [0.1, 0.15) is 16.9 Å². The Morgan fingerprint density at radius 3 is 2.65 bits per heavy atom. The minimum atomic E-state index is -0.643. The highest BCUT2D eigenvalue weighted by Crippen LogP contribution is 2.31. The molecule has 0 aliphatic heterocycles. The number of rotatable bonds is 3. The molecule has 0 aliphatic rings. The van der Waals surface area contributed by atoms with Gasteiger partial charge in [0.15, 0.2) is 6.10 Å². The monoisotopic (exact) mass is 270 g/mol. The largest absolute Gasteiger partial charge is 0.479 e. The number of ether oxygens (including phenoxy) is 2. The van der Waals surface area contributed by atoms with Crippen molar-refractivity contribution in [3.05, 3.63) is 42.5 Å². The quantitative estimate of drug-likeness (QED) is 0.683. The van der Waals surface area contributed by atoms with E-state index in [-0.39, 0.29) is 0 Å². The molecular weight excluding hydrogens is 256 g/mol. The van der Waals surface area contributed by atoms with Crippen LogP contribution in [-0.2, 0) is 9.53 Å². The third-order valence-corrected chi connectivity index (χ3v) is 3.19. The lowest BCUT2D eigenvalue weighted by Gasteiger charge is -2.12. The topological polar surface area (TPSA) is 48.7 Å². The molecule has 0 unspecified atom stereocenters. The zero-order valence-electron chi connectivity index (χ0n) is 11.3. The molecule has 0 saturated heterocycles. The number of para-hydroxylation sites is 1. The maximum absolute atomic E-state index is 11.4. The number of furan rings is 1. The first-order valence-corrected chi connectivity index (χ1v) is 6.35. The molecule has 0 fully saturated rings. The van der Waals surface area contributed by atoms with E-state index in [1.807, 2.05) is 36.4 Å². The minimum Gasteiger partial charge on any atom is -0.479 e. The van der Waals surface area contributed by atoms with E-state index in [0.717, 1.165) is 21.9 Å². The summed E-state index contributed by atoms with van der Waals surface area (Å²) in [5.41, 5.74) is 1.63. The fraction of sp³-hybridized carbons (Fsp3) is 0.188.